The van der Waals surface area contributed by atoms with Crippen LogP contribution in [-0.4, -0.2) is 20.3 Å². The summed E-state index contributed by atoms with van der Waals surface area (Å²) in [4.78, 5) is 21.0. The highest BCUT2D eigenvalue weighted by atomic mass is 32.1. The minimum Gasteiger partial charge on any atom is -0.303 e. The average molecular weight is 300 g/mol. The molecular formula is C15H16N4OS. The zero-order valence-corrected chi connectivity index (χ0v) is 12.7. The standard InChI is InChI=1S/C15H16N4OS/c1-10(2)9-12-17-13(11-5-3-4-7-19(11)12)14(20)18-15-16-6-8-21-15/h3-8,10H,9H2,1-2H3,(H,16,18,20). The molecule has 0 saturated heterocycles. The van der Waals surface area contributed by atoms with Crippen LogP contribution in [0, 0.1) is 5.92 Å². The number of nitrogens with one attached hydrogen (secondary N) is 1. The molecular weight excluding hydrogens is 284 g/mol. The largest absolute Gasteiger partial charge is 0.303 e. The van der Waals surface area contributed by atoms with Crippen molar-refractivity contribution >= 4 is 27.9 Å². The van der Waals surface area contributed by atoms with Gasteiger partial charge in [-0.25, -0.2) is 9.97 Å². The summed E-state index contributed by atoms with van der Waals surface area (Å²) in [5.74, 6) is 1.17. The highest BCUT2D eigenvalue weighted by molar-refractivity contribution is 7.13. The van der Waals surface area contributed by atoms with Gasteiger partial charge in [-0.3, -0.25) is 10.1 Å². The Bertz CT molecular complexity index is 761. The molecule has 0 aromatic carbocycles. The lowest BCUT2D eigenvalue weighted by Gasteiger charge is -2.02. The molecule has 1 amide bonds. The van der Waals surface area contributed by atoms with Crippen molar-refractivity contribution in [3.63, 3.8) is 0 Å². The maximum absolute atomic E-state index is 12.4. The van der Waals surface area contributed by atoms with Crippen LogP contribution in [0.1, 0.15) is 30.2 Å². The zero-order chi connectivity index (χ0) is 14.8. The lowest BCUT2D eigenvalue weighted by Crippen LogP contribution is -2.12. The summed E-state index contributed by atoms with van der Waals surface area (Å²) in [6.07, 6.45) is 4.44. The van der Waals surface area contributed by atoms with Crippen LogP contribution in [0.5, 0.6) is 0 Å². The Morgan fingerprint density at radius 3 is 3.00 bits per heavy atom. The van der Waals surface area contributed by atoms with Crippen molar-refractivity contribution < 1.29 is 4.79 Å². The minimum atomic E-state index is -0.219. The van der Waals surface area contributed by atoms with Crippen LogP contribution in [-0.2, 0) is 6.42 Å². The molecule has 0 unspecified atom stereocenters. The number of carbonyl (C=O) groups excluding carboxylic acids is 1. The van der Waals surface area contributed by atoms with Crippen LogP contribution in [0.2, 0.25) is 0 Å². The molecule has 6 heteroatoms. The minimum absolute atomic E-state index is 0.219. The van der Waals surface area contributed by atoms with E-state index in [1.54, 1.807) is 6.20 Å². The van der Waals surface area contributed by atoms with E-state index in [1.807, 2.05) is 34.2 Å². The van der Waals surface area contributed by atoms with E-state index in [-0.39, 0.29) is 5.91 Å². The molecule has 0 aliphatic heterocycles. The van der Waals surface area contributed by atoms with Crippen molar-refractivity contribution in [1.29, 1.82) is 0 Å². The van der Waals surface area contributed by atoms with Gasteiger partial charge in [-0.2, -0.15) is 0 Å². The van der Waals surface area contributed by atoms with Gasteiger partial charge in [-0.1, -0.05) is 19.9 Å². The third-order valence-electron chi connectivity index (χ3n) is 3.08. The number of carbonyl (C=O) groups is 1. The van der Waals surface area contributed by atoms with Crippen LogP contribution in [0.4, 0.5) is 5.13 Å². The molecule has 5 nitrogen and oxygen atoms in total. The SMILES string of the molecule is CC(C)Cc1nc(C(=O)Nc2nccs2)c2ccccn12. The molecule has 3 aromatic heterocycles. The molecule has 0 spiro atoms. The van der Waals surface area contributed by atoms with Gasteiger partial charge in [-0.05, 0) is 18.1 Å². The molecule has 0 radical (unpaired) electrons. The highest BCUT2D eigenvalue weighted by Gasteiger charge is 2.18. The Morgan fingerprint density at radius 2 is 2.29 bits per heavy atom. The molecule has 0 saturated carbocycles. The van der Waals surface area contributed by atoms with E-state index in [4.69, 9.17) is 0 Å². The fourth-order valence-corrected chi connectivity index (χ4v) is 2.74. The molecule has 3 heterocycles. The van der Waals surface area contributed by atoms with Crippen LogP contribution < -0.4 is 5.32 Å². The van der Waals surface area contributed by atoms with E-state index in [0.29, 0.717) is 16.7 Å². The number of pyridine rings is 1. The summed E-state index contributed by atoms with van der Waals surface area (Å²) in [6, 6.07) is 5.77. The smallest absolute Gasteiger partial charge is 0.278 e. The van der Waals surface area contributed by atoms with Crippen molar-refractivity contribution in [1.82, 2.24) is 14.4 Å². The lowest BCUT2D eigenvalue weighted by molar-refractivity contribution is 0.102. The van der Waals surface area contributed by atoms with E-state index in [1.165, 1.54) is 11.3 Å². The first kappa shape index (κ1) is 13.8. The number of nitrogens with zero attached hydrogens (tertiary/aromatic N) is 3. The van der Waals surface area contributed by atoms with Gasteiger partial charge in [0.15, 0.2) is 10.8 Å². The summed E-state index contributed by atoms with van der Waals surface area (Å²) >= 11 is 1.39. The second-order valence-corrected chi connectivity index (χ2v) is 6.12. The number of rotatable bonds is 4. The molecule has 0 fully saturated rings. The molecule has 21 heavy (non-hydrogen) atoms. The van der Waals surface area contributed by atoms with E-state index in [2.05, 4.69) is 29.1 Å². The number of thiazole rings is 1. The summed E-state index contributed by atoms with van der Waals surface area (Å²) in [5, 5.41) is 5.20. The number of hydrogen-bond donors (Lipinski definition) is 1. The molecule has 0 atom stereocenters. The number of fused-ring (bicyclic) bond motifs is 1. The third kappa shape index (κ3) is 2.80. The van der Waals surface area contributed by atoms with Gasteiger partial charge in [0, 0.05) is 24.2 Å². The Labute approximate surface area is 126 Å². The summed E-state index contributed by atoms with van der Waals surface area (Å²) < 4.78 is 1.98. The molecule has 3 rings (SSSR count). The van der Waals surface area contributed by atoms with Gasteiger partial charge in [0.05, 0.1) is 5.52 Å². The quantitative estimate of drug-likeness (QED) is 0.804. The van der Waals surface area contributed by atoms with Crippen molar-refractivity contribution in [2.24, 2.45) is 5.92 Å². The summed E-state index contributed by atoms with van der Waals surface area (Å²) in [5.41, 5.74) is 1.27. The van der Waals surface area contributed by atoms with Gasteiger partial charge in [0.1, 0.15) is 5.82 Å². The first-order chi connectivity index (χ1) is 10.1. The second kappa shape index (κ2) is 5.65. The van der Waals surface area contributed by atoms with Crippen molar-refractivity contribution in [3.05, 3.63) is 47.5 Å². The zero-order valence-electron chi connectivity index (χ0n) is 11.9. The predicted molar refractivity (Wildman–Crippen MR) is 83.8 cm³/mol. The van der Waals surface area contributed by atoms with Gasteiger partial charge >= 0.3 is 0 Å². The molecule has 1 N–H and O–H groups in total. The first-order valence-electron chi connectivity index (χ1n) is 6.82. The van der Waals surface area contributed by atoms with Gasteiger partial charge in [0.25, 0.3) is 5.91 Å². The van der Waals surface area contributed by atoms with E-state index in [9.17, 15) is 4.79 Å². The maximum atomic E-state index is 12.4. The number of imidazole rings is 1. The number of amides is 1. The fourth-order valence-electron chi connectivity index (χ4n) is 2.22. The molecule has 0 aliphatic carbocycles. The monoisotopic (exact) mass is 300 g/mol. The van der Waals surface area contributed by atoms with Gasteiger partial charge in [-0.15, -0.1) is 11.3 Å². The lowest BCUT2D eigenvalue weighted by atomic mass is 10.1. The number of aromatic nitrogens is 3. The third-order valence-corrected chi connectivity index (χ3v) is 3.77. The normalized spacial score (nSPS) is 11.2. The summed E-state index contributed by atoms with van der Waals surface area (Å²) in [7, 11) is 0. The van der Waals surface area contributed by atoms with Crippen LogP contribution in [0.25, 0.3) is 5.52 Å². The van der Waals surface area contributed by atoms with Crippen molar-refractivity contribution in [2.45, 2.75) is 20.3 Å². The first-order valence-corrected chi connectivity index (χ1v) is 7.70. The molecule has 3 aromatic rings. The predicted octanol–water partition coefficient (Wildman–Crippen LogP) is 3.24. The highest BCUT2D eigenvalue weighted by Crippen LogP contribution is 2.18. The Morgan fingerprint density at radius 1 is 1.43 bits per heavy atom. The number of anilines is 1. The average Bonchev–Trinajstić information content (AvgIpc) is 3.07. The Balaban J connectivity index is 1.99. The van der Waals surface area contributed by atoms with Gasteiger partial charge in [0.2, 0.25) is 0 Å². The van der Waals surface area contributed by atoms with Crippen LogP contribution >= 0.6 is 11.3 Å². The maximum Gasteiger partial charge on any atom is 0.278 e. The van der Waals surface area contributed by atoms with E-state index in [0.717, 1.165) is 17.8 Å². The molecule has 0 aliphatic rings. The second-order valence-electron chi connectivity index (χ2n) is 5.22. The van der Waals surface area contributed by atoms with Crippen molar-refractivity contribution in [2.75, 3.05) is 5.32 Å². The Hall–Kier alpha value is -2.21. The fraction of sp³-hybridized carbons (Fsp3) is 0.267. The van der Waals surface area contributed by atoms with Gasteiger partial charge < -0.3 is 4.40 Å². The molecule has 108 valence electrons. The Kier molecular flexibility index (Phi) is 3.70. The summed E-state index contributed by atoms with van der Waals surface area (Å²) in [6.45, 7) is 4.28. The molecule has 0 bridgehead atoms. The van der Waals surface area contributed by atoms with E-state index < -0.39 is 0 Å². The van der Waals surface area contributed by atoms with E-state index >= 15 is 0 Å². The van der Waals surface area contributed by atoms with Crippen LogP contribution in [0.3, 0.4) is 0 Å². The number of hydrogen-bond acceptors (Lipinski definition) is 4. The topological polar surface area (TPSA) is 59.3 Å². The van der Waals surface area contributed by atoms with Crippen LogP contribution in [0.15, 0.2) is 36.0 Å². The van der Waals surface area contributed by atoms with Crippen molar-refractivity contribution in [3.8, 4) is 0 Å².